The van der Waals surface area contributed by atoms with Crippen molar-refractivity contribution in [1.82, 2.24) is 20.7 Å². The Morgan fingerprint density at radius 2 is 2.04 bits per heavy atom. The molecule has 0 radical (unpaired) electrons. The summed E-state index contributed by atoms with van der Waals surface area (Å²) in [6.45, 7) is 1.57. The summed E-state index contributed by atoms with van der Waals surface area (Å²) in [6, 6.07) is 8.10. The predicted molar refractivity (Wildman–Crippen MR) is 96.2 cm³/mol. The zero-order valence-electron chi connectivity index (χ0n) is 15.2. The highest BCUT2D eigenvalue weighted by atomic mass is 16.5. The third-order valence-corrected chi connectivity index (χ3v) is 4.77. The largest absolute Gasteiger partial charge is 0.508 e. The van der Waals surface area contributed by atoms with Gasteiger partial charge in [0, 0.05) is 24.1 Å². The van der Waals surface area contributed by atoms with Crippen molar-refractivity contribution in [3.8, 4) is 17.1 Å². The molecule has 3 N–H and O–H groups in total. The third kappa shape index (κ3) is 3.89. The molecule has 1 aromatic carbocycles. The molecule has 146 valence electrons. The number of phenols is 1. The van der Waals surface area contributed by atoms with Crippen LogP contribution in [0.25, 0.3) is 11.3 Å². The highest BCUT2D eigenvalue weighted by Gasteiger charge is 2.32. The molecule has 1 saturated carbocycles. The predicted octanol–water partition coefficient (Wildman–Crippen LogP) is 2.23. The minimum absolute atomic E-state index is 0.0606. The molecule has 9 heteroatoms. The normalized spacial score (nSPS) is 19.8. The Balaban J connectivity index is 1.28. The Hall–Kier alpha value is -3.20. The Bertz CT molecular complexity index is 957. The monoisotopic (exact) mass is 384 g/mol. The van der Waals surface area contributed by atoms with E-state index in [4.69, 9.17) is 8.94 Å². The Morgan fingerprint density at radius 1 is 1.29 bits per heavy atom. The molecule has 0 spiro atoms. The van der Waals surface area contributed by atoms with Crippen LogP contribution in [0.1, 0.15) is 48.1 Å². The smallest absolute Gasteiger partial charge is 0.273 e. The van der Waals surface area contributed by atoms with Gasteiger partial charge in [-0.2, -0.15) is 0 Å². The molecule has 28 heavy (non-hydrogen) atoms. The first kappa shape index (κ1) is 18.2. The first-order valence-electron chi connectivity index (χ1n) is 9.05. The maximum absolute atomic E-state index is 12.3. The van der Waals surface area contributed by atoms with Crippen LogP contribution < -0.4 is 5.32 Å². The number of amides is 1. The summed E-state index contributed by atoms with van der Waals surface area (Å²) in [5, 5.41) is 33.2. The van der Waals surface area contributed by atoms with E-state index in [9.17, 15) is 15.0 Å². The van der Waals surface area contributed by atoms with Crippen molar-refractivity contribution in [2.75, 3.05) is 0 Å². The Morgan fingerprint density at radius 3 is 2.71 bits per heavy atom. The molecule has 0 saturated heterocycles. The molecule has 1 amide bonds. The molecule has 2 aromatic heterocycles. The number of rotatable bonds is 6. The third-order valence-electron chi connectivity index (χ3n) is 4.77. The SMILES string of the molecule is C[C@@H](O)c1nnc(CC2CC(NC(=O)c3cc(-c4ccc(O)cc4)on3)C2)o1. The molecule has 9 nitrogen and oxygen atoms in total. The quantitative estimate of drug-likeness (QED) is 0.589. The van der Waals surface area contributed by atoms with Crippen molar-refractivity contribution in [3.63, 3.8) is 0 Å². The van der Waals surface area contributed by atoms with E-state index in [1.54, 1.807) is 37.3 Å². The van der Waals surface area contributed by atoms with Crippen LogP contribution in [-0.4, -0.2) is 37.5 Å². The van der Waals surface area contributed by atoms with E-state index in [-0.39, 0.29) is 29.3 Å². The van der Waals surface area contributed by atoms with Crippen LogP contribution >= 0.6 is 0 Å². The van der Waals surface area contributed by atoms with Crippen LogP contribution in [-0.2, 0) is 6.42 Å². The first-order valence-corrected chi connectivity index (χ1v) is 9.05. The fraction of sp³-hybridized carbons (Fsp3) is 0.368. The van der Waals surface area contributed by atoms with Crippen LogP contribution in [0.15, 0.2) is 39.3 Å². The molecule has 0 bridgehead atoms. The van der Waals surface area contributed by atoms with Crippen LogP contribution in [0.5, 0.6) is 5.75 Å². The molecule has 1 fully saturated rings. The molecule has 1 aliphatic carbocycles. The number of nitrogens with zero attached hydrogens (tertiary/aromatic N) is 3. The summed E-state index contributed by atoms with van der Waals surface area (Å²) in [5.74, 6) is 1.39. The molecule has 1 atom stereocenters. The number of aliphatic hydroxyl groups excluding tert-OH is 1. The van der Waals surface area contributed by atoms with Gasteiger partial charge in [-0.3, -0.25) is 4.79 Å². The molecular formula is C19H20N4O5. The van der Waals surface area contributed by atoms with Crippen molar-refractivity contribution in [3.05, 3.63) is 47.8 Å². The second kappa shape index (κ2) is 7.43. The van der Waals surface area contributed by atoms with Crippen molar-refractivity contribution < 1.29 is 23.9 Å². The number of phenolic OH excluding ortho intramolecular Hbond substituents is 1. The highest BCUT2D eigenvalue weighted by Crippen LogP contribution is 2.31. The molecule has 0 unspecified atom stereocenters. The van der Waals surface area contributed by atoms with Crippen LogP contribution in [0.4, 0.5) is 0 Å². The van der Waals surface area contributed by atoms with Gasteiger partial charge in [-0.05, 0) is 49.9 Å². The molecule has 4 rings (SSSR count). The molecule has 1 aliphatic rings. The lowest BCUT2D eigenvalue weighted by Crippen LogP contribution is -2.45. The van der Waals surface area contributed by atoms with Crippen molar-refractivity contribution in [1.29, 1.82) is 0 Å². The lowest BCUT2D eigenvalue weighted by molar-refractivity contribution is 0.0877. The van der Waals surface area contributed by atoms with E-state index in [1.165, 1.54) is 0 Å². The number of hydrogen-bond donors (Lipinski definition) is 3. The fourth-order valence-electron chi connectivity index (χ4n) is 3.19. The van der Waals surface area contributed by atoms with Crippen molar-refractivity contribution >= 4 is 5.91 Å². The average Bonchev–Trinajstić information content (AvgIpc) is 3.30. The van der Waals surface area contributed by atoms with E-state index >= 15 is 0 Å². The topological polar surface area (TPSA) is 135 Å². The summed E-state index contributed by atoms with van der Waals surface area (Å²) in [6.07, 6.45) is 1.46. The van der Waals surface area contributed by atoms with Gasteiger partial charge in [0.25, 0.3) is 5.91 Å². The maximum Gasteiger partial charge on any atom is 0.273 e. The average molecular weight is 384 g/mol. The number of carbonyl (C=O) groups excluding carboxylic acids is 1. The minimum Gasteiger partial charge on any atom is -0.508 e. The Labute approximate surface area is 160 Å². The lowest BCUT2D eigenvalue weighted by atomic mass is 9.78. The first-order chi connectivity index (χ1) is 13.5. The van der Waals surface area contributed by atoms with Gasteiger partial charge in [0.2, 0.25) is 11.8 Å². The van der Waals surface area contributed by atoms with Crippen molar-refractivity contribution in [2.45, 2.75) is 38.3 Å². The summed E-state index contributed by atoms with van der Waals surface area (Å²) < 4.78 is 10.6. The summed E-state index contributed by atoms with van der Waals surface area (Å²) >= 11 is 0. The highest BCUT2D eigenvalue weighted by molar-refractivity contribution is 5.93. The number of benzene rings is 1. The van der Waals surface area contributed by atoms with Gasteiger partial charge in [-0.1, -0.05) is 5.16 Å². The van der Waals surface area contributed by atoms with Gasteiger partial charge in [0.1, 0.15) is 11.9 Å². The molecular weight excluding hydrogens is 364 g/mol. The van der Waals surface area contributed by atoms with Gasteiger partial charge in [-0.25, -0.2) is 0 Å². The summed E-state index contributed by atoms with van der Waals surface area (Å²) in [7, 11) is 0. The number of hydrogen-bond acceptors (Lipinski definition) is 8. The van der Waals surface area contributed by atoms with Gasteiger partial charge in [-0.15, -0.1) is 10.2 Å². The summed E-state index contributed by atoms with van der Waals surface area (Å²) in [4.78, 5) is 12.3. The number of carbonyl (C=O) groups is 1. The molecule has 2 heterocycles. The number of aliphatic hydroxyl groups is 1. The number of nitrogens with one attached hydrogen (secondary N) is 1. The second-order valence-corrected chi connectivity index (χ2v) is 7.05. The lowest BCUT2D eigenvalue weighted by Gasteiger charge is -2.34. The fourth-order valence-corrected chi connectivity index (χ4v) is 3.19. The Kier molecular flexibility index (Phi) is 4.82. The van der Waals surface area contributed by atoms with E-state index < -0.39 is 6.10 Å². The standard InChI is InChI=1S/C19H20N4O5/c1-10(24)19-22-21-17(27-19)8-11-6-13(7-11)20-18(26)15-9-16(28-23-15)12-2-4-14(25)5-3-12/h2-5,9-11,13,24-25H,6-8H2,1H3,(H,20,26)/t10-,11?,13?/m1/s1. The molecule has 3 aromatic rings. The van der Waals surface area contributed by atoms with E-state index in [1.807, 2.05) is 0 Å². The van der Waals surface area contributed by atoms with E-state index in [0.29, 0.717) is 24.0 Å². The van der Waals surface area contributed by atoms with Gasteiger partial charge < -0.3 is 24.5 Å². The van der Waals surface area contributed by atoms with Crippen LogP contribution in [0.2, 0.25) is 0 Å². The zero-order chi connectivity index (χ0) is 19.7. The molecule has 0 aliphatic heterocycles. The van der Waals surface area contributed by atoms with Gasteiger partial charge in [0.05, 0.1) is 0 Å². The maximum atomic E-state index is 12.3. The van der Waals surface area contributed by atoms with E-state index in [0.717, 1.165) is 18.4 Å². The van der Waals surface area contributed by atoms with Gasteiger partial charge >= 0.3 is 0 Å². The van der Waals surface area contributed by atoms with Crippen molar-refractivity contribution in [2.24, 2.45) is 5.92 Å². The number of aromatic hydroxyl groups is 1. The van der Waals surface area contributed by atoms with E-state index in [2.05, 4.69) is 20.7 Å². The van der Waals surface area contributed by atoms with Crippen LogP contribution in [0, 0.1) is 5.92 Å². The minimum atomic E-state index is -0.774. The van der Waals surface area contributed by atoms with Crippen LogP contribution in [0.3, 0.4) is 0 Å². The summed E-state index contributed by atoms with van der Waals surface area (Å²) in [5.41, 5.74) is 0.939. The number of aromatic nitrogens is 3. The van der Waals surface area contributed by atoms with Gasteiger partial charge in [0.15, 0.2) is 11.5 Å². The second-order valence-electron chi connectivity index (χ2n) is 7.05. The zero-order valence-corrected chi connectivity index (χ0v) is 15.2.